The van der Waals surface area contributed by atoms with Gasteiger partial charge in [-0.1, -0.05) is 12.1 Å². The maximum absolute atomic E-state index is 12.6. The van der Waals surface area contributed by atoms with E-state index in [9.17, 15) is 4.79 Å². The number of nitrogen functional groups attached to an aromatic ring is 1. The van der Waals surface area contributed by atoms with E-state index >= 15 is 0 Å². The first-order chi connectivity index (χ1) is 12.2. The molecule has 2 saturated heterocycles. The molecule has 4 rings (SSSR count). The van der Waals surface area contributed by atoms with Gasteiger partial charge in [0, 0.05) is 43.3 Å². The van der Waals surface area contributed by atoms with E-state index in [-0.39, 0.29) is 5.91 Å². The van der Waals surface area contributed by atoms with E-state index < -0.39 is 0 Å². The van der Waals surface area contributed by atoms with Crippen molar-refractivity contribution in [1.29, 1.82) is 0 Å². The van der Waals surface area contributed by atoms with Crippen LogP contribution in [0.15, 0.2) is 36.7 Å². The fourth-order valence-electron chi connectivity index (χ4n) is 3.28. The summed E-state index contributed by atoms with van der Waals surface area (Å²) in [7, 11) is 0. The van der Waals surface area contributed by atoms with Gasteiger partial charge in [0.05, 0.1) is 31.3 Å². The van der Waals surface area contributed by atoms with Crippen LogP contribution < -0.4 is 5.73 Å². The number of amides is 1. The van der Waals surface area contributed by atoms with Gasteiger partial charge in [-0.15, -0.1) is 0 Å². The third-order valence-electron chi connectivity index (χ3n) is 4.79. The Hall–Kier alpha value is -2.51. The van der Waals surface area contributed by atoms with Gasteiger partial charge in [0.25, 0.3) is 5.91 Å². The molecule has 0 bridgehead atoms. The molecule has 2 N–H and O–H groups in total. The van der Waals surface area contributed by atoms with E-state index in [4.69, 9.17) is 10.5 Å². The van der Waals surface area contributed by atoms with Crippen LogP contribution in [0.3, 0.4) is 0 Å². The van der Waals surface area contributed by atoms with Crippen molar-refractivity contribution >= 4 is 11.7 Å². The number of anilines is 1. The Kier molecular flexibility index (Phi) is 4.33. The number of benzene rings is 1. The summed E-state index contributed by atoms with van der Waals surface area (Å²) in [6.07, 6.45) is 3.17. The molecule has 1 aromatic heterocycles. The molecule has 0 unspecified atom stereocenters. The lowest BCUT2D eigenvalue weighted by Gasteiger charge is -2.46. The Balaban J connectivity index is 1.38. The van der Waals surface area contributed by atoms with Crippen molar-refractivity contribution in [2.24, 2.45) is 0 Å². The van der Waals surface area contributed by atoms with E-state index in [1.807, 2.05) is 29.2 Å². The summed E-state index contributed by atoms with van der Waals surface area (Å²) in [5.74, 6) is 0.460. The number of hydrogen-bond donors (Lipinski definition) is 1. The van der Waals surface area contributed by atoms with E-state index in [2.05, 4.69) is 14.9 Å². The minimum absolute atomic E-state index is 0.0784. The third-order valence-corrected chi connectivity index (χ3v) is 4.79. The molecule has 2 aliphatic heterocycles. The highest BCUT2D eigenvalue weighted by Crippen LogP contribution is 2.22. The monoisotopic (exact) mass is 339 g/mol. The lowest BCUT2D eigenvalue weighted by atomic mass is 10.0. The minimum Gasteiger partial charge on any atom is -0.382 e. The molecule has 7 heteroatoms. The first kappa shape index (κ1) is 16.0. The molecular weight excluding hydrogens is 318 g/mol. The van der Waals surface area contributed by atoms with Crippen LogP contribution in [0.2, 0.25) is 0 Å². The van der Waals surface area contributed by atoms with Crippen LogP contribution in [0, 0.1) is 0 Å². The highest BCUT2D eigenvalue weighted by Gasteiger charge is 2.35. The smallest absolute Gasteiger partial charge is 0.253 e. The summed E-state index contributed by atoms with van der Waals surface area (Å²) < 4.78 is 5.38. The van der Waals surface area contributed by atoms with Crippen molar-refractivity contribution in [2.45, 2.75) is 6.04 Å². The number of morpholine rings is 1. The molecule has 3 heterocycles. The summed E-state index contributed by atoms with van der Waals surface area (Å²) in [4.78, 5) is 25.2. The maximum atomic E-state index is 12.6. The lowest BCUT2D eigenvalue weighted by Crippen LogP contribution is -2.62. The number of nitrogens with zero attached hydrogens (tertiary/aromatic N) is 4. The molecule has 1 aromatic carbocycles. The van der Waals surface area contributed by atoms with Gasteiger partial charge in [0.15, 0.2) is 0 Å². The van der Waals surface area contributed by atoms with Crippen molar-refractivity contribution in [2.75, 3.05) is 45.1 Å². The predicted molar refractivity (Wildman–Crippen MR) is 94.0 cm³/mol. The minimum atomic E-state index is 0.0784. The molecule has 0 radical (unpaired) electrons. The Morgan fingerprint density at radius 1 is 1.12 bits per heavy atom. The normalized spacial score (nSPS) is 18.8. The Bertz CT molecular complexity index is 752. The van der Waals surface area contributed by atoms with Gasteiger partial charge in [0.2, 0.25) is 0 Å². The Labute approximate surface area is 146 Å². The van der Waals surface area contributed by atoms with E-state index in [0.717, 1.165) is 45.0 Å². The van der Waals surface area contributed by atoms with Crippen molar-refractivity contribution in [3.63, 3.8) is 0 Å². The van der Waals surface area contributed by atoms with E-state index in [1.54, 1.807) is 6.20 Å². The van der Waals surface area contributed by atoms with Crippen LogP contribution in [0.1, 0.15) is 10.4 Å². The second kappa shape index (κ2) is 6.78. The highest BCUT2D eigenvalue weighted by atomic mass is 16.5. The number of nitrogens with two attached hydrogens (primary N) is 1. The lowest BCUT2D eigenvalue weighted by molar-refractivity contribution is -0.0256. The van der Waals surface area contributed by atoms with Crippen molar-refractivity contribution in [1.82, 2.24) is 19.8 Å². The molecule has 1 amide bonds. The molecule has 0 aliphatic carbocycles. The average molecular weight is 339 g/mol. The Morgan fingerprint density at radius 3 is 2.52 bits per heavy atom. The van der Waals surface area contributed by atoms with Crippen LogP contribution in [-0.2, 0) is 4.74 Å². The standard InChI is InChI=1S/C18H21N5O2/c19-17-10-20-9-16(21-17)13-1-3-14(4-2-13)18(24)23-11-15(12-23)22-5-7-25-8-6-22/h1-4,9-10,15H,5-8,11-12H2,(H2,19,21). The van der Waals surface area contributed by atoms with Gasteiger partial charge >= 0.3 is 0 Å². The van der Waals surface area contributed by atoms with Crippen LogP contribution >= 0.6 is 0 Å². The number of carbonyl (C=O) groups excluding carboxylic acids is 1. The summed E-state index contributed by atoms with van der Waals surface area (Å²) in [5, 5.41) is 0. The summed E-state index contributed by atoms with van der Waals surface area (Å²) in [6.45, 7) is 5.09. The fraction of sp³-hybridized carbons (Fsp3) is 0.389. The molecule has 2 aliphatic rings. The number of likely N-dealkylation sites (tertiary alicyclic amines) is 1. The molecule has 0 spiro atoms. The van der Waals surface area contributed by atoms with Gasteiger partial charge in [-0.05, 0) is 12.1 Å². The fourth-order valence-corrected chi connectivity index (χ4v) is 3.28. The van der Waals surface area contributed by atoms with Gasteiger partial charge in [-0.2, -0.15) is 0 Å². The topological polar surface area (TPSA) is 84.6 Å². The molecule has 130 valence electrons. The zero-order valence-electron chi connectivity index (χ0n) is 14.0. The largest absolute Gasteiger partial charge is 0.382 e. The molecular formula is C18H21N5O2. The average Bonchev–Trinajstić information content (AvgIpc) is 2.61. The predicted octanol–water partition coefficient (Wildman–Crippen LogP) is 0.882. The summed E-state index contributed by atoms with van der Waals surface area (Å²) >= 11 is 0. The van der Waals surface area contributed by atoms with Gasteiger partial charge in [-0.25, -0.2) is 4.98 Å². The third kappa shape index (κ3) is 3.33. The van der Waals surface area contributed by atoms with Gasteiger partial charge in [0.1, 0.15) is 5.82 Å². The number of ether oxygens (including phenoxy) is 1. The number of rotatable bonds is 3. The zero-order valence-corrected chi connectivity index (χ0v) is 14.0. The van der Waals surface area contributed by atoms with E-state index in [0.29, 0.717) is 23.1 Å². The van der Waals surface area contributed by atoms with Crippen LogP contribution in [-0.4, -0.2) is 71.1 Å². The number of hydrogen-bond acceptors (Lipinski definition) is 6. The molecule has 0 saturated carbocycles. The molecule has 2 fully saturated rings. The Morgan fingerprint density at radius 2 is 1.84 bits per heavy atom. The SMILES string of the molecule is Nc1cncc(-c2ccc(C(=O)N3CC(N4CCOCC4)C3)cc2)n1. The second-order valence-electron chi connectivity index (χ2n) is 6.42. The van der Waals surface area contributed by atoms with Crippen LogP contribution in [0.25, 0.3) is 11.3 Å². The highest BCUT2D eigenvalue weighted by molar-refractivity contribution is 5.95. The number of aromatic nitrogens is 2. The number of carbonyl (C=O) groups is 1. The quantitative estimate of drug-likeness (QED) is 0.894. The van der Waals surface area contributed by atoms with Gasteiger partial charge < -0.3 is 15.4 Å². The van der Waals surface area contributed by atoms with Crippen molar-refractivity contribution in [3.05, 3.63) is 42.2 Å². The first-order valence-corrected chi connectivity index (χ1v) is 8.50. The summed E-state index contributed by atoms with van der Waals surface area (Å²) in [5.41, 5.74) is 7.96. The van der Waals surface area contributed by atoms with Crippen molar-refractivity contribution < 1.29 is 9.53 Å². The van der Waals surface area contributed by atoms with Gasteiger partial charge in [-0.3, -0.25) is 14.7 Å². The van der Waals surface area contributed by atoms with E-state index in [1.165, 1.54) is 6.20 Å². The first-order valence-electron chi connectivity index (χ1n) is 8.50. The summed E-state index contributed by atoms with van der Waals surface area (Å²) in [6, 6.07) is 7.91. The molecule has 2 aromatic rings. The molecule has 7 nitrogen and oxygen atoms in total. The van der Waals surface area contributed by atoms with Crippen LogP contribution in [0.5, 0.6) is 0 Å². The van der Waals surface area contributed by atoms with Crippen molar-refractivity contribution in [3.8, 4) is 11.3 Å². The second-order valence-corrected chi connectivity index (χ2v) is 6.42. The molecule has 25 heavy (non-hydrogen) atoms. The maximum Gasteiger partial charge on any atom is 0.253 e. The molecule has 0 atom stereocenters. The van der Waals surface area contributed by atoms with Crippen LogP contribution in [0.4, 0.5) is 5.82 Å². The zero-order chi connectivity index (χ0) is 17.2.